The van der Waals surface area contributed by atoms with E-state index in [4.69, 9.17) is 4.74 Å². The molecule has 0 spiro atoms. The molecule has 0 fully saturated rings. The number of carbonyl (C=O) groups excluding carboxylic acids is 2. The number of amides is 1. The molecule has 0 saturated heterocycles. The lowest BCUT2D eigenvalue weighted by atomic mass is 10.0. The van der Waals surface area contributed by atoms with Crippen LogP contribution in [0.4, 0.5) is 0 Å². The molecule has 64 heavy (non-hydrogen) atoms. The van der Waals surface area contributed by atoms with E-state index in [-0.39, 0.29) is 24.9 Å². The fraction of sp³-hybridized carbons (Fsp3) is 0.931. The maximum Gasteiger partial charge on any atom is 0.306 e. The summed E-state index contributed by atoms with van der Waals surface area (Å²) in [6, 6.07) is -0.698. The van der Waals surface area contributed by atoms with E-state index < -0.39 is 18.2 Å². The maximum atomic E-state index is 13.3. The third-order valence-electron chi connectivity index (χ3n) is 13.6. The van der Waals surface area contributed by atoms with Crippen molar-refractivity contribution in [1.29, 1.82) is 0 Å². The van der Waals surface area contributed by atoms with Gasteiger partial charge in [-0.05, 0) is 51.4 Å². The number of esters is 1. The summed E-state index contributed by atoms with van der Waals surface area (Å²) in [5.41, 5.74) is 0. The Bertz CT molecular complexity index is 970. The van der Waals surface area contributed by atoms with Crippen molar-refractivity contribution in [3.8, 4) is 0 Å². The van der Waals surface area contributed by atoms with E-state index in [2.05, 4.69) is 38.2 Å². The largest absolute Gasteiger partial charge is 0.462 e. The Labute approximate surface area is 399 Å². The van der Waals surface area contributed by atoms with Crippen molar-refractivity contribution in [2.75, 3.05) is 6.61 Å². The number of ether oxygens (including phenoxy) is 1. The molecule has 0 aromatic heterocycles. The predicted molar refractivity (Wildman–Crippen MR) is 278 cm³/mol. The second kappa shape index (κ2) is 52.6. The fourth-order valence-corrected chi connectivity index (χ4v) is 9.19. The molecular weight excluding hydrogens is 791 g/mol. The number of hydrogen-bond donors (Lipinski definition) is 3. The van der Waals surface area contributed by atoms with Crippen LogP contribution in [-0.4, -0.2) is 46.9 Å². The standard InChI is InChI=1S/C58H113NO5/c1-4-7-10-13-16-19-22-25-28-30-33-36-39-42-45-48-51-58(63)64-54(49-46-43-40-37-34-31-29-26-23-20-17-14-11-8-5-2)52-57(62)59-55(53-60)56(61)50-47-44-41-38-35-32-27-24-21-18-15-12-9-6-3/h26,29,54-56,60-61H,4-25,27-28,30-53H2,1-3H3,(H,59,62)/b29-26+. The van der Waals surface area contributed by atoms with Crippen LogP contribution in [-0.2, 0) is 14.3 Å². The highest BCUT2D eigenvalue weighted by Crippen LogP contribution is 2.19. The van der Waals surface area contributed by atoms with Gasteiger partial charge in [0.25, 0.3) is 0 Å². The van der Waals surface area contributed by atoms with E-state index >= 15 is 0 Å². The van der Waals surface area contributed by atoms with Crippen LogP contribution in [0.25, 0.3) is 0 Å². The second-order valence-corrected chi connectivity index (χ2v) is 20.1. The van der Waals surface area contributed by atoms with E-state index in [1.807, 2.05) is 0 Å². The first-order valence-electron chi connectivity index (χ1n) is 28.9. The molecule has 0 aliphatic heterocycles. The topological polar surface area (TPSA) is 95.9 Å². The molecule has 3 N–H and O–H groups in total. The van der Waals surface area contributed by atoms with E-state index in [0.717, 1.165) is 57.8 Å². The van der Waals surface area contributed by atoms with Crippen LogP contribution >= 0.6 is 0 Å². The Morgan fingerprint density at radius 2 is 0.750 bits per heavy atom. The van der Waals surface area contributed by atoms with Crippen molar-refractivity contribution < 1.29 is 24.5 Å². The minimum absolute atomic E-state index is 0.0795. The molecule has 0 aliphatic carbocycles. The first-order chi connectivity index (χ1) is 31.5. The van der Waals surface area contributed by atoms with Crippen molar-refractivity contribution in [1.82, 2.24) is 5.32 Å². The molecule has 3 unspecified atom stereocenters. The Morgan fingerprint density at radius 1 is 0.438 bits per heavy atom. The number of unbranched alkanes of at least 4 members (excludes halogenated alkanes) is 39. The lowest BCUT2D eigenvalue weighted by molar-refractivity contribution is -0.151. The molecular formula is C58H113NO5. The number of allylic oxidation sites excluding steroid dienone is 2. The van der Waals surface area contributed by atoms with Crippen LogP contribution in [0.5, 0.6) is 0 Å². The van der Waals surface area contributed by atoms with Crippen molar-refractivity contribution in [2.24, 2.45) is 0 Å². The fourth-order valence-electron chi connectivity index (χ4n) is 9.19. The van der Waals surface area contributed by atoms with Gasteiger partial charge in [0, 0.05) is 6.42 Å². The molecule has 3 atom stereocenters. The van der Waals surface area contributed by atoms with Crippen LogP contribution in [0, 0.1) is 0 Å². The summed E-state index contributed by atoms with van der Waals surface area (Å²) in [6.45, 7) is 6.52. The van der Waals surface area contributed by atoms with Crippen LogP contribution in [0.1, 0.15) is 323 Å². The lowest BCUT2D eigenvalue weighted by Crippen LogP contribution is -2.46. The molecule has 0 aromatic rings. The molecule has 0 heterocycles. The molecule has 0 bridgehead atoms. The van der Waals surface area contributed by atoms with E-state index in [1.165, 1.54) is 218 Å². The average molecular weight is 905 g/mol. The summed E-state index contributed by atoms with van der Waals surface area (Å²) in [5, 5.41) is 23.9. The molecule has 0 saturated carbocycles. The van der Waals surface area contributed by atoms with Crippen molar-refractivity contribution in [2.45, 2.75) is 341 Å². The molecule has 6 heteroatoms. The smallest absolute Gasteiger partial charge is 0.306 e. The Hall–Kier alpha value is -1.40. The van der Waals surface area contributed by atoms with Gasteiger partial charge >= 0.3 is 5.97 Å². The first-order valence-corrected chi connectivity index (χ1v) is 28.9. The highest BCUT2D eigenvalue weighted by atomic mass is 16.5. The van der Waals surface area contributed by atoms with Gasteiger partial charge in [-0.2, -0.15) is 0 Å². The lowest BCUT2D eigenvalue weighted by Gasteiger charge is -2.24. The Kier molecular flexibility index (Phi) is 51.4. The van der Waals surface area contributed by atoms with Crippen LogP contribution in [0.2, 0.25) is 0 Å². The molecule has 0 rings (SSSR count). The molecule has 6 nitrogen and oxygen atoms in total. The quantitative estimate of drug-likeness (QED) is 0.0321. The maximum absolute atomic E-state index is 13.3. The van der Waals surface area contributed by atoms with Gasteiger partial charge in [0.2, 0.25) is 5.91 Å². The van der Waals surface area contributed by atoms with Gasteiger partial charge in [-0.25, -0.2) is 0 Å². The first kappa shape index (κ1) is 62.6. The van der Waals surface area contributed by atoms with Crippen molar-refractivity contribution >= 4 is 11.9 Å². The zero-order chi connectivity index (χ0) is 46.7. The van der Waals surface area contributed by atoms with Gasteiger partial charge in [0.1, 0.15) is 6.10 Å². The Morgan fingerprint density at radius 3 is 1.11 bits per heavy atom. The van der Waals surface area contributed by atoms with E-state index in [0.29, 0.717) is 19.3 Å². The number of hydrogen-bond acceptors (Lipinski definition) is 5. The van der Waals surface area contributed by atoms with Crippen molar-refractivity contribution in [3.63, 3.8) is 0 Å². The summed E-state index contributed by atoms with van der Waals surface area (Å²) in [6.07, 6.45) is 59.9. The van der Waals surface area contributed by atoms with Gasteiger partial charge < -0.3 is 20.3 Å². The third kappa shape index (κ3) is 47.1. The summed E-state index contributed by atoms with van der Waals surface area (Å²) in [4.78, 5) is 26.3. The zero-order valence-electron chi connectivity index (χ0n) is 43.4. The van der Waals surface area contributed by atoms with Gasteiger partial charge in [0.15, 0.2) is 0 Å². The number of rotatable bonds is 53. The molecule has 0 radical (unpaired) electrons. The molecule has 1 amide bonds. The van der Waals surface area contributed by atoms with Gasteiger partial charge in [-0.15, -0.1) is 0 Å². The second-order valence-electron chi connectivity index (χ2n) is 20.1. The molecule has 0 aliphatic rings. The summed E-state index contributed by atoms with van der Waals surface area (Å²) >= 11 is 0. The molecule has 380 valence electrons. The van der Waals surface area contributed by atoms with Gasteiger partial charge in [-0.3, -0.25) is 9.59 Å². The monoisotopic (exact) mass is 904 g/mol. The zero-order valence-corrected chi connectivity index (χ0v) is 43.4. The van der Waals surface area contributed by atoms with Crippen LogP contribution in [0.15, 0.2) is 12.2 Å². The Balaban J connectivity index is 4.52. The third-order valence-corrected chi connectivity index (χ3v) is 13.6. The normalized spacial score (nSPS) is 13.1. The summed E-state index contributed by atoms with van der Waals surface area (Å²) < 4.78 is 5.96. The SMILES string of the molecule is CCCCCCCC/C=C/CCCCCCCC(CC(=O)NC(CO)C(O)CCCCCCCCCCCCCCCC)OC(=O)CCCCCCCCCCCCCCCCCC. The van der Waals surface area contributed by atoms with Crippen LogP contribution < -0.4 is 5.32 Å². The number of aliphatic hydroxyl groups excluding tert-OH is 2. The average Bonchev–Trinajstić information content (AvgIpc) is 3.29. The van der Waals surface area contributed by atoms with Crippen LogP contribution in [0.3, 0.4) is 0 Å². The number of nitrogens with one attached hydrogen (secondary N) is 1. The van der Waals surface area contributed by atoms with Crippen molar-refractivity contribution in [3.05, 3.63) is 12.2 Å². The minimum Gasteiger partial charge on any atom is -0.462 e. The predicted octanol–water partition coefficient (Wildman–Crippen LogP) is 17.7. The van der Waals surface area contributed by atoms with E-state index in [1.54, 1.807) is 0 Å². The highest BCUT2D eigenvalue weighted by molar-refractivity contribution is 5.77. The number of aliphatic hydroxyl groups is 2. The molecule has 0 aromatic carbocycles. The van der Waals surface area contributed by atoms with E-state index in [9.17, 15) is 19.8 Å². The number of carbonyl (C=O) groups is 2. The summed E-state index contributed by atoms with van der Waals surface area (Å²) in [7, 11) is 0. The highest BCUT2D eigenvalue weighted by Gasteiger charge is 2.24. The minimum atomic E-state index is -0.785. The summed E-state index contributed by atoms with van der Waals surface area (Å²) in [5.74, 6) is -0.459. The van der Waals surface area contributed by atoms with Gasteiger partial charge in [-0.1, -0.05) is 270 Å². The van der Waals surface area contributed by atoms with Gasteiger partial charge in [0.05, 0.1) is 25.2 Å².